The molecule has 1 amide bonds. The van der Waals surface area contributed by atoms with E-state index < -0.39 is 0 Å². The van der Waals surface area contributed by atoms with E-state index >= 15 is 0 Å². The Morgan fingerprint density at radius 2 is 2.03 bits per heavy atom. The topological polar surface area (TPSA) is 73.7 Å². The summed E-state index contributed by atoms with van der Waals surface area (Å²) in [7, 11) is 1.71. The normalized spacial score (nSPS) is 21.4. The van der Waals surface area contributed by atoms with Gasteiger partial charge < -0.3 is 18.9 Å². The van der Waals surface area contributed by atoms with Crippen LogP contribution in [0.5, 0.6) is 0 Å². The van der Waals surface area contributed by atoms with E-state index in [0.29, 0.717) is 18.7 Å². The molecule has 2 aliphatic rings. The largest absolute Gasteiger partial charge is 0.465 e. The molecule has 7 nitrogen and oxygen atoms in total. The molecule has 8 heteroatoms. The van der Waals surface area contributed by atoms with Gasteiger partial charge in [0.25, 0.3) is 5.91 Å². The van der Waals surface area contributed by atoms with Crippen LogP contribution < -0.4 is 0 Å². The number of thioether (sulfide) groups is 1. The summed E-state index contributed by atoms with van der Waals surface area (Å²) in [4.78, 5) is 32.5. The number of aromatic nitrogens is 2. The Labute approximate surface area is 203 Å². The molecule has 5 rings (SSSR count). The van der Waals surface area contributed by atoms with Crippen LogP contribution in [-0.2, 0) is 27.2 Å². The Morgan fingerprint density at radius 1 is 1.21 bits per heavy atom. The molecule has 2 bridgehead atoms. The van der Waals surface area contributed by atoms with E-state index in [9.17, 15) is 9.59 Å². The van der Waals surface area contributed by atoms with Crippen LogP contribution in [0.25, 0.3) is 10.9 Å². The number of likely N-dealkylation sites (tertiary alicyclic amines) is 1. The van der Waals surface area contributed by atoms with Gasteiger partial charge in [-0.2, -0.15) is 0 Å². The molecule has 0 radical (unpaired) electrons. The van der Waals surface area contributed by atoms with E-state index in [1.54, 1.807) is 13.3 Å². The number of rotatable bonds is 6. The van der Waals surface area contributed by atoms with E-state index in [2.05, 4.69) is 21.7 Å². The highest BCUT2D eigenvalue weighted by atomic mass is 32.2. The molecule has 3 aromatic rings. The SMILES string of the molecule is CCOC(=O)Cn1c2c(c3ccccc31)C[C@H]1C[C@@H]2[C@@H](OC)CN1C(=O)c1cccnc1SC. The summed E-state index contributed by atoms with van der Waals surface area (Å²) in [5.74, 6) is -0.142. The van der Waals surface area contributed by atoms with Crippen molar-refractivity contribution in [3.05, 3.63) is 59.4 Å². The number of esters is 1. The van der Waals surface area contributed by atoms with Gasteiger partial charge in [0.1, 0.15) is 11.6 Å². The third-order valence-corrected chi connectivity index (χ3v) is 7.77. The molecule has 0 N–H and O–H groups in total. The third kappa shape index (κ3) is 3.79. The van der Waals surface area contributed by atoms with Gasteiger partial charge in [0, 0.05) is 48.4 Å². The zero-order valence-corrected chi connectivity index (χ0v) is 20.5. The van der Waals surface area contributed by atoms with Crippen molar-refractivity contribution in [3.63, 3.8) is 0 Å². The van der Waals surface area contributed by atoms with Crippen LogP contribution in [0.1, 0.15) is 40.9 Å². The van der Waals surface area contributed by atoms with Gasteiger partial charge in [0.15, 0.2) is 0 Å². The number of methoxy groups -OCH3 is 1. The Bertz CT molecular complexity index is 1240. The number of carbonyl (C=O) groups excluding carboxylic acids is 2. The van der Waals surface area contributed by atoms with Crippen molar-refractivity contribution in [1.82, 2.24) is 14.5 Å². The molecule has 0 unspecified atom stereocenters. The van der Waals surface area contributed by atoms with Crippen molar-refractivity contribution >= 4 is 34.5 Å². The Balaban J connectivity index is 1.58. The van der Waals surface area contributed by atoms with Crippen molar-refractivity contribution < 1.29 is 19.1 Å². The average Bonchev–Trinajstić information content (AvgIpc) is 3.17. The fraction of sp³-hybridized carbons (Fsp3) is 0.423. The summed E-state index contributed by atoms with van der Waals surface area (Å²) in [6.45, 7) is 2.87. The maximum atomic E-state index is 13.7. The number of para-hydroxylation sites is 1. The first-order valence-electron chi connectivity index (χ1n) is 11.7. The molecule has 3 heterocycles. The number of ether oxygens (including phenoxy) is 2. The van der Waals surface area contributed by atoms with Crippen LogP contribution in [-0.4, -0.2) is 65.0 Å². The quantitative estimate of drug-likeness (QED) is 0.395. The number of piperidine rings is 1. The maximum absolute atomic E-state index is 13.7. The van der Waals surface area contributed by atoms with Crippen LogP contribution in [0, 0.1) is 0 Å². The van der Waals surface area contributed by atoms with Crippen molar-refractivity contribution in [2.75, 3.05) is 26.5 Å². The average molecular weight is 480 g/mol. The van der Waals surface area contributed by atoms with E-state index in [1.807, 2.05) is 42.3 Å². The van der Waals surface area contributed by atoms with Crippen molar-refractivity contribution in [1.29, 1.82) is 0 Å². The molecular weight excluding hydrogens is 450 g/mol. The minimum Gasteiger partial charge on any atom is -0.465 e. The van der Waals surface area contributed by atoms with Crippen LogP contribution >= 0.6 is 11.8 Å². The molecular formula is C26H29N3O4S. The molecule has 1 saturated heterocycles. The zero-order valence-electron chi connectivity index (χ0n) is 19.7. The van der Waals surface area contributed by atoms with Crippen molar-refractivity contribution in [3.8, 4) is 0 Å². The molecule has 1 aliphatic carbocycles. The zero-order chi connectivity index (χ0) is 23.8. The number of amides is 1. The lowest BCUT2D eigenvalue weighted by molar-refractivity contribution is -0.143. The summed E-state index contributed by atoms with van der Waals surface area (Å²) < 4.78 is 13.4. The van der Waals surface area contributed by atoms with Gasteiger partial charge in [-0.05, 0) is 49.8 Å². The number of hydrogen-bond acceptors (Lipinski definition) is 6. The maximum Gasteiger partial charge on any atom is 0.325 e. The third-order valence-electron chi connectivity index (χ3n) is 7.05. The first kappa shape index (κ1) is 22.9. The summed E-state index contributed by atoms with van der Waals surface area (Å²) in [5, 5.41) is 1.87. The highest BCUT2D eigenvalue weighted by molar-refractivity contribution is 7.98. The number of fused-ring (bicyclic) bond motifs is 6. The molecule has 178 valence electrons. The smallest absolute Gasteiger partial charge is 0.325 e. The second-order valence-corrected chi connectivity index (χ2v) is 9.56. The van der Waals surface area contributed by atoms with Crippen LogP contribution in [0.3, 0.4) is 0 Å². The Hall–Kier alpha value is -2.84. The summed E-state index contributed by atoms with van der Waals surface area (Å²) >= 11 is 1.48. The number of pyridine rings is 1. The molecule has 1 aromatic carbocycles. The van der Waals surface area contributed by atoms with E-state index in [4.69, 9.17) is 9.47 Å². The predicted octanol–water partition coefficient (Wildman–Crippen LogP) is 3.89. The lowest BCUT2D eigenvalue weighted by atomic mass is 9.76. The molecule has 34 heavy (non-hydrogen) atoms. The number of carbonyl (C=O) groups is 2. The van der Waals surface area contributed by atoms with Gasteiger partial charge in [0.2, 0.25) is 0 Å². The van der Waals surface area contributed by atoms with Gasteiger partial charge in [-0.15, -0.1) is 11.8 Å². The highest BCUT2D eigenvalue weighted by Gasteiger charge is 2.46. The number of nitrogens with zero attached hydrogens (tertiary/aromatic N) is 3. The second kappa shape index (κ2) is 9.43. The minimum atomic E-state index is -0.240. The Morgan fingerprint density at radius 3 is 2.79 bits per heavy atom. The molecule has 1 aliphatic heterocycles. The van der Waals surface area contributed by atoms with Gasteiger partial charge in [-0.25, -0.2) is 4.98 Å². The van der Waals surface area contributed by atoms with E-state index in [0.717, 1.165) is 34.5 Å². The van der Waals surface area contributed by atoms with Gasteiger partial charge in [0.05, 0.1) is 18.3 Å². The summed E-state index contributed by atoms with van der Waals surface area (Å²) in [6.07, 6.45) is 5.04. The second-order valence-electron chi connectivity index (χ2n) is 8.76. The molecule has 0 saturated carbocycles. The molecule has 1 fully saturated rings. The van der Waals surface area contributed by atoms with E-state index in [1.165, 1.54) is 17.3 Å². The van der Waals surface area contributed by atoms with Crippen molar-refractivity contribution in [2.45, 2.75) is 49.4 Å². The highest BCUT2D eigenvalue weighted by Crippen LogP contribution is 2.45. The standard InChI is InChI=1S/C26H29N3O4S/c1-4-33-23(30)15-29-21-10-6-5-8-17(21)19-12-16-13-20(24(19)29)22(32-2)14-28(16)26(31)18-9-7-11-27-25(18)34-3/h5-11,16,20,22H,4,12-15H2,1-3H3/t16-,20+,22-/m0/s1. The van der Waals surface area contributed by atoms with Gasteiger partial charge in [-0.1, -0.05) is 18.2 Å². The fourth-order valence-corrected chi connectivity index (χ4v) is 6.20. The first-order chi connectivity index (χ1) is 16.6. The predicted molar refractivity (Wildman–Crippen MR) is 131 cm³/mol. The van der Waals surface area contributed by atoms with Crippen molar-refractivity contribution in [2.24, 2.45) is 0 Å². The fourth-order valence-electron chi connectivity index (χ4n) is 5.66. The lowest BCUT2D eigenvalue weighted by Crippen LogP contribution is -2.55. The number of hydrogen-bond donors (Lipinski definition) is 0. The summed E-state index contributed by atoms with van der Waals surface area (Å²) in [6, 6.07) is 11.9. The monoisotopic (exact) mass is 479 g/mol. The first-order valence-corrected chi connectivity index (χ1v) is 12.9. The van der Waals surface area contributed by atoms with Crippen LogP contribution in [0.2, 0.25) is 0 Å². The van der Waals surface area contributed by atoms with Gasteiger partial charge >= 0.3 is 5.97 Å². The Kier molecular flexibility index (Phi) is 6.36. The minimum absolute atomic E-state index is 0.00154. The molecule has 2 aromatic heterocycles. The van der Waals surface area contributed by atoms with E-state index in [-0.39, 0.29) is 36.5 Å². The number of benzene rings is 1. The molecule has 3 atom stereocenters. The van der Waals surface area contributed by atoms with Crippen LogP contribution in [0.4, 0.5) is 0 Å². The lowest BCUT2D eigenvalue weighted by Gasteiger charge is -2.47. The summed E-state index contributed by atoms with van der Waals surface area (Å²) in [5.41, 5.74) is 4.02. The molecule has 0 spiro atoms. The van der Waals surface area contributed by atoms with Gasteiger partial charge in [-0.3, -0.25) is 9.59 Å². The van der Waals surface area contributed by atoms with Crippen LogP contribution in [0.15, 0.2) is 47.6 Å².